The van der Waals surface area contributed by atoms with Crippen LogP contribution in [0.25, 0.3) is 10.2 Å². The second kappa shape index (κ2) is 8.27. The molecule has 4 rings (SSSR count). The Balaban J connectivity index is 1.34. The van der Waals surface area contributed by atoms with Gasteiger partial charge in [-0.05, 0) is 31.9 Å². The van der Waals surface area contributed by atoms with Crippen LogP contribution in [0.2, 0.25) is 0 Å². The maximum atomic E-state index is 13.0. The van der Waals surface area contributed by atoms with E-state index in [-0.39, 0.29) is 6.04 Å². The molecule has 1 aliphatic carbocycles. The molecule has 1 atom stereocenters. The molecule has 2 heterocycles. The number of carbonyl (C=O) groups excluding carboxylic acids is 1. The Morgan fingerprint density at radius 2 is 1.85 bits per heavy atom. The van der Waals surface area contributed by atoms with Gasteiger partial charge in [0.1, 0.15) is 0 Å². The first-order valence-corrected chi connectivity index (χ1v) is 11.4. The van der Waals surface area contributed by atoms with Gasteiger partial charge in [-0.3, -0.25) is 4.79 Å². The quantitative estimate of drug-likeness (QED) is 0.876. The van der Waals surface area contributed by atoms with Crippen molar-refractivity contribution in [1.29, 1.82) is 0 Å². The van der Waals surface area contributed by atoms with Gasteiger partial charge < -0.3 is 9.80 Å². The second-order valence-corrected chi connectivity index (χ2v) is 9.48. The number of hydrogen-bond donors (Lipinski definition) is 1. The molecule has 1 amide bonds. The molecular formula is C22H32N3OS+. The fourth-order valence-electron chi connectivity index (χ4n) is 4.86. The van der Waals surface area contributed by atoms with Gasteiger partial charge in [0, 0.05) is 31.8 Å². The van der Waals surface area contributed by atoms with Crippen LogP contribution in [0.5, 0.6) is 0 Å². The van der Waals surface area contributed by atoms with Crippen molar-refractivity contribution in [3.8, 4) is 0 Å². The van der Waals surface area contributed by atoms with E-state index in [9.17, 15) is 4.79 Å². The van der Waals surface area contributed by atoms with Gasteiger partial charge in [0.2, 0.25) is 0 Å². The highest BCUT2D eigenvalue weighted by Crippen LogP contribution is 2.31. The predicted molar refractivity (Wildman–Crippen MR) is 111 cm³/mol. The van der Waals surface area contributed by atoms with Crippen LogP contribution in [-0.2, 0) is 4.79 Å². The Hall–Kier alpha value is -1.46. The summed E-state index contributed by atoms with van der Waals surface area (Å²) < 4.78 is 1.29. The zero-order valence-corrected chi connectivity index (χ0v) is 17.4. The molecule has 1 saturated heterocycles. The molecule has 2 aliphatic rings. The van der Waals surface area contributed by atoms with Crippen LogP contribution in [0, 0.1) is 0 Å². The maximum Gasteiger partial charge on any atom is 0.280 e. The Kier molecular flexibility index (Phi) is 5.79. The SMILES string of the molecule is C[C@@H](C(=O)N(C)C1CCCCC1)[NH+]1CCC(c2nc3ccccc3s2)CC1. The highest BCUT2D eigenvalue weighted by molar-refractivity contribution is 7.18. The van der Waals surface area contributed by atoms with Gasteiger partial charge in [-0.15, -0.1) is 11.3 Å². The highest BCUT2D eigenvalue weighted by Gasteiger charge is 2.35. The van der Waals surface area contributed by atoms with E-state index in [2.05, 4.69) is 36.1 Å². The van der Waals surface area contributed by atoms with Crippen LogP contribution >= 0.6 is 11.3 Å². The van der Waals surface area contributed by atoms with Gasteiger partial charge in [0.05, 0.1) is 28.3 Å². The molecule has 1 saturated carbocycles. The minimum Gasteiger partial charge on any atom is -0.338 e. The van der Waals surface area contributed by atoms with Crippen LogP contribution < -0.4 is 4.90 Å². The average Bonchev–Trinajstić information content (AvgIpc) is 3.17. The van der Waals surface area contributed by atoms with Gasteiger partial charge in [0.15, 0.2) is 6.04 Å². The summed E-state index contributed by atoms with van der Waals surface area (Å²) in [6.45, 7) is 4.28. The lowest BCUT2D eigenvalue weighted by Crippen LogP contribution is -3.17. The first-order chi connectivity index (χ1) is 13.1. The molecule has 1 aromatic heterocycles. The number of hydrogen-bond acceptors (Lipinski definition) is 3. The number of benzene rings is 1. The number of rotatable bonds is 4. The van der Waals surface area contributed by atoms with E-state index in [1.54, 1.807) is 0 Å². The number of amides is 1. The Morgan fingerprint density at radius 3 is 2.56 bits per heavy atom. The molecular weight excluding hydrogens is 354 g/mol. The monoisotopic (exact) mass is 386 g/mol. The lowest BCUT2D eigenvalue weighted by Gasteiger charge is -2.36. The normalized spacial score (nSPS) is 25.4. The average molecular weight is 387 g/mol. The van der Waals surface area contributed by atoms with Crippen LogP contribution in [0.15, 0.2) is 24.3 Å². The number of carbonyl (C=O) groups is 1. The third kappa shape index (κ3) is 4.04. The van der Waals surface area contributed by atoms with E-state index < -0.39 is 0 Å². The standard InChI is InChI=1S/C22H31N3OS/c1-16(22(26)24(2)18-8-4-3-5-9-18)25-14-12-17(13-15-25)21-23-19-10-6-7-11-20(19)27-21/h6-7,10-11,16-18H,3-5,8-9,12-15H2,1-2H3/p+1/t16-/m0/s1. The van der Waals surface area contributed by atoms with Crippen LogP contribution in [0.4, 0.5) is 0 Å². The maximum absolute atomic E-state index is 13.0. The molecule has 146 valence electrons. The van der Waals surface area contributed by atoms with Crippen molar-refractivity contribution in [2.45, 2.75) is 69.9 Å². The number of likely N-dealkylation sites (N-methyl/N-ethyl adjacent to an activating group) is 1. The largest absolute Gasteiger partial charge is 0.338 e. The fraction of sp³-hybridized carbons (Fsp3) is 0.636. The summed E-state index contributed by atoms with van der Waals surface area (Å²) in [7, 11) is 2.03. The third-order valence-corrected chi connectivity index (χ3v) is 7.94. The van der Waals surface area contributed by atoms with Gasteiger partial charge in [0.25, 0.3) is 5.91 Å². The van der Waals surface area contributed by atoms with Gasteiger partial charge in [-0.1, -0.05) is 31.4 Å². The molecule has 1 aliphatic heterocycles. The first-order valence-electron chi connectivity index (χ1n) is 10.6. The van der Waals surface area contributed by atoms with Crippen molar-refractivity contribution in [1.82, 2.24) is 9.88 Å². The molecule has 0 bridgehead atoms. The number of fused-ring (bicyclic) bond motifs is 1. The number of quaternary nitrogens is 1. The Morgan fingerprint density at radius 1 is 1.15 bits per heavy atom. The lowest BCUT2D eigenvalue weighted by atomic mass is 9.93. The van der Waals surface area contributed by atoms with Gasteiger partial charge in [-0.25, -0.2) is 4.98 Å². The smallest absolute Gasteiger partial charge is 0.280 e. The first kappa shape index (κ1) is 18.9. The van der Waals surface area contributed by atoms with Crippen LogP contribution in [0.3, 0.4) is 0 Å². The Bertz CT molecular complexity index is 742. The molecule has 2 fully saturated rings. The number of piperidine rings is 1. The van der Waals surface area contributed by atoms with Gasteiger partial charge >= 0.3 is 0 Å². The van der Waals surface area contributed by atoms with Crippen molar-refractivity contribution in [2.24, 2.45) is 0 Å². The molecule has 0 unspecified atom stereocenters. The molecule has 1 aromatic carbocycles. The Labute approximate surface area is 166 Å². The highest BCUT2D eigenvalue weighted by atomic mass is 32.1. The fourth-order valence-corrected chi connectivity index (χ4v) is 6.00. The minimum atomic E-state index is 0.0771. The number of nitrogens with one attached hydrogen (secondary N) is 1. The van der Waals surface area contributed by atoms with E-state index in [1.807, 2.05) is 18.4 Å². The molecule has 0 spiro atoms. The van der Waals surface area contributed by atoms with E-state index in [0.717, 1.165) is 31.4 Å². The van der Waals surface area contributed by atoms with Gasteiger partial charge in [-0.2, -0.15) is 0 Å². The topological polar surface area (TPSA) is 37.6 Å². The summed E-state index contributed by atoms with van der Waals surface area (Å²) in [5, 5.41) is 1.29. The molecule has 0 radical (unpaired) electrons. The number of para-hydroxylation sites is 1. The van der Waals surface area contributed by atoms with E-state index in [0.29, 0.717) is 17.9 Å². The molecule has 27 heavy (non-hydrogen) atoms. The summed E-state index contributed by atoms with van der Waals surface area (Å²) >= 11 is 1.85. The zero-order chi connectivity index (χ0) is 18.8. The summed E-state index contributed by atoms with van der Waals surface area (Å²) in [4.78, 5) is 21.4. The van der Waals surface area contributed by atoms with E-state index in [4.69, 9.17) is 4.98 Å². The zero-order valence-electron chi connectivity index (χ0n) is 16.6. The summed E-state index contributed by atoms with van der Waals surface area (Å²) in [5.41, 5.74) is 1.13. The van der Waals surface area contributed by atoms with E-state index >= 15 is 0 Å². The summed E-state index contributed by atoms with van der Waals surface area (Å²) in [6.07, 6.45) is 8.53. The number of nitrogens with zero attached hydrogens (tertiary/aromatic N) is 2. The molecule has 5 heteroatoms. The van der Waals surface area contributed by atoms with Crippen LogP contribution in [-0.4, -0.2) is 48.0 Å². The van der Waals surface area contributed by atoms with Crippen molar-refractivity contribution in [3.63, 3.8) is 0 Å². The molecule has 4 nitrogen and oxygen atoms in total. The van der Waals surface area contributed by atoms with Crippen molar-refractivity contribution < 1.29 is 9.69 Å². The summed E-state index contributed by atoms with van der Waals surface area (Å²) in [6, 6.07) is 8.97. The van der Waals surface area contributed by atoms with Crippen LogP contribution in [0.1, 0.15) is 62.8 Å². The van der Waals surface area contributed by atoms with Crippen molar-refractivity contribution in [3.05, 3.63) is 29.3 Å². The third-order valence-electron chi connectivity index (χ3n) is 6.74. The van der Waals surface area contributed by atoms with Crippen molar-refractivity contribution >= 4 is 27.5 Å². The number of thiazole rings is 1. The predicted octanol–water partition coefficient (Wildman–Crippen LogP) is 3.24. The summed E-state index contributed by atoms with van der Waals surface area (Å²) in [5.74, 6) is 0.903. The molecule has 1 N–H and O–H groups in total. The van der Waals surface area contributed by atoms with Crippen molar-refractivity contribution in [2.75, 3.05) is 20.1 Å². The second-order valence-electron chi connectivity index (χ2n) is 8.42. The number of likely N-dealkylation sites (tertiary alicyclic amines) is 1. The number of aromatic nitrogens is 1. The minimum absolute atomic E-state index is 0.0771. The lowest BCUT2D eigenvalue weighted by molar-refractivity contribution is -0.919. The molecule has 2 aromatic rings. The van der Waals surface area contributed by atoms with E-state index in [1.165, 1.54) is 46.7 Å².